The van der Waals surface area contributed by atoms with Gasteiger partial charge in [0.1, 0.15) is 5.65 Å². The molecule has 0 bridgehead atoms. The maximum atomic E-state index is 6.17. The van der Waals surface area contributed by atoms with Crippen LogP contribution in [0.2, 0.25) is 0 Å². The van der Waals surface area contributed by atoms with Gasteiger partial charge >= 0.3 is 0 Å². The average molecular weight is 336 g/mol. The molecule has 0 aliphatic carbocycles. The Morgan fingerprint density at radius 1 is 1.08 bits per heavy atom. The molecular weight excluding hydrogens is 316 g/mol. The van der Waals surface area contributed by atoms with Crippen LogP contribution in [-0.4, -0.2) is 56.4 Å². The number of piperazine rings is 1. The third kappa shape index (κ3) is 3.37. The number of hydrogen-bond acceptors (Lipinski definition) is 5. The van der Waals surface area contributed by atoms with E-state index in [9.17, 15) is 0 Å². The molecule has 0 saturated carbocycles. The highest BCUT2D eigenvalue weighted by Gasteiger charge is 2.19. The lowest BCUT2D eigenvalue weighted by atomic mass is 10.3. The van der Waals surface area contributed by atoms with Crippen LogP contribution in [0.1, 0.15) is 5.69 Å². The predicted octanol–water partition coefficient (Wildman–Crippen LogP) is 0.761. The number of aliphatic imine (C=N–C) groups is 1. The lowest BCUT2D eigenvalue weighted by Gasteiger charge is -2.35. The molecule has 8 heteroatoms. The number of fused-ring (bicyclic) bond motifs is 1. The molecule has 0 aromatic carbocycles. The molecule has 3 aromatic heterocycles. The van der Waals surface area contributed by atoms with E-state index in [1.807, 2.05) is 41.1 Å². The van der Waals surface area contributed by atoms with E-state index in [2.05, 4.69) is 29.7 Å². The van der Waals surface area contributed by atoms with Gasteiger partial charge in [0.05, 0.1) is 12.2 Å². The Bertz CT molecular complexity index is 831. The van der Waals surface area contributed by atoms with E-state index in [0.717, 1.165) is 43.5 Å². The van der Waals surface area contributed by atoms with Gasteiger partial charge in [-0.1, -0.05) is 6.07 Å². The Balaban J connectivity index is 1.36. The number of nitrogens with zero attached hydrogens (tertiary/aromatic N) is 7. The van der Waals surface area contributed by atoms with Crippen LogP contribution in [0.25, 0.3) is 5.65 Å². The van der Waals surface area contributed by atoms with Gasteiger partial charge in [-0.05, 0) is 18.2 Å². The molecule has 1 aliphatic heterocycles. The number of anilines is 1. The smallest absolute Gasteiger partial charge is 0.225 e. The van der Waals surface area contributed by atoms with Crippen LogP contribution in [0.4, 0.5) is 5.95 Å². The van der Waals surface area contributed by atoms with Gasteiger partial charge in [-0.25, -0.2) is 19.9 Å². The Morgan fingerprint density at radius 2 is 1.88 bits per heavy atom. The quantitative estimate of drug-likeness (QED) is 0.561. The second-order valence-corrected chi connectivity index (χ2v) is 5.90. The molecule has 0 atom stereocenters. The van der Waals surface area contributed by atoms with Gasteiger partial charge in [0.2, 0.25) is 5.95 Å². The molecule has 2 N–H and O–H groups in total. The van der Waals surface area contributed by atoms with Crippen molar-refractivity contribution in [3.8, 4) is 0 Å². The maximum Gasteiger partial charge on any atom is 0.225 e. The number of rotatable bonds is 3. The Hall–Kier alpha value is -3.16. The van der Waals surface area contributed by atoms with E-state index in [4.69, 9.17) is 5.73 Å². The van der Waals surface area contributed by atoms with Crippen LogP contribution in [0.5, 0.6) is 0 Å². The summed E-state index contributed by atoms with van der Waals surface area (Å²) in [5.41, 5.74) is 7.99. The SMILES string of the molecule is NC(=NCc1cn2ccccc2n1)N1CCN(c2ncccn2)CC1. The molecule has 0 amide bonds. The van der Waals surface area contributed by atoms with Gasteiger partial charge in [-0.3, -0.25) is 0 Å². The molecule has 1 aliphatic rings. The molecule has 25 heavy (non-hydrogen) atoms. The van der Waals surface area contributed by atoms with E-state index >= 15 is 0 Å². The molecule has 1 saturated heterocycles. The maximum absolute atomic E-state index is 6.17. The topological polar surface area (TPSA) is 87.9 Å². The van der Waals surface area contributed by atoms with Crippen molar-refractivity contribution >= 4 is 17.6 Å². The summed E-state index contributed by atoms with van der Waals surface area (Å²) in [6.45, 7) is 3.75. The normalized spacial score (nSPS) is 15.8. The number of pyridine rings is 1. The van der Waals surface area contributed by atoms with Gasteiger partial charge in [0.25, 0.3) is 0 Å². The fourth-order valence-electron chi connectivity index (χ4n) is 2.92. The van der Waals surface area contributed by atoms with Crippen molar-refractivity contribution in [2.75, 3.05) is 31.1 Å². The third-order valence-corrected chi connectivity index (χ3v) is 4.26. The van der Waals surface area contributed by atoms with E-state index in [1.165, 1.54) is 0 Å². The number of imidazole rings is 1. The third-order valence-electron chi connectivity index (χ3n) is 4.26. The van der Waals surface area contributed by atoms with Crippen molar-refractivity contribution in [3.05, 3.63) is 54.7 Å². The number of guanidine groups is 1. The summed E-state index contributed by atoms with van der Waals surface area (Å²) in [5.74, 6) is 1.33. The van der Waals surface area contributed by atoms with Gasteiger partial charge in [-0.15, -0.1) is 0 Å². The minimum Gasteiger partial charge on any atom is -0.370 e. The monoisotopic (exact) mass is 336 g/mol. The first-order valence-electron chi connectivity index (χ1n) is 8.29. The summed E-state index contributed by atoms with van der Waals surface area (Å²) in [4.78, 5) is 21.9. The van der Waals surface area contributed by atoms with Gasteiger partial charge < -0.3 is 19.9 Å². The van der Waals surface area contributed by atoms with E-state index in [1.54, 1.807) is 12.4 Å². The second kappa shape index (κ2) is 6.76. The van der Waals surface area contributed by atoms with Gasteiger partial charge in [0, 0.05) is 51.0 Å². The largest absolute Gasteiger partial charge is 0.370 e. The highest BCUT2D eigenvalue weighted by Crippen LogP contribution is 2.10. The zero-order valence-electron chi connectivity index (χ0n) is 13.9. The number of hydrogen-bond donors (Lipinski definition) is 1. The Kier molecular flexibility index (Phi) is 4.16. The summed E-state index contributed by atoms with van der Waals surface area (Å²) >= 11 is 0. The molecule has 1 fully saturated rings. The molecule has 4 rings (SSSR count). The molecule has 4 heterocycles. The van der Waals surface area contributed by atoms with Crippen molar-refractivity contribution < 1.29 is 0 Å². The fourth-order valence-corrected chi connectivity index (χ4v) is 2.92. The summed E-state index contributed by atoms with van der Waals surface area (Å²) in [6.07, 6.45) is 7.49. The van der Waals surface area contributed by atoms with E-state index in [0.29, 0.717) is 12.5 Å². The summed E-state index contributed by atoms with van der Waals surface area (Å²) in [7, 11) is 0. The standard InChI is InChI=1S/C17H20N8/c18-16(21-12-14-13-25-7-2-1-4-15(25)22-14)23-8-10-24(11-9-23)17-19-5-3-6-20-17/h1-7,13H,8-12H2,(H2,18,21). The van der Waals surface area contributed by atoms with Crippen LogP contribution >= 0.6 is 0 Å². The first-order valence-corrected chi connectivity index (χ1v) is 8.29. The van der Waals surface area contributed by atoms with Crippen molar-refractivity contribution in [2.24, 2.45) is 10.7 Å². The van der Waals surface area contributed by atoms with Crippen LogP contribution in [0.3, 0.4) is 0 Å². The molecule has 128 valence electrons. The minimum atomic E-state index is 0.482. The van der Waals surface area contributed by atoms with Gasteiger partial charge in [0.15, 0.2) is 5.96 Å². The summed E-state index contributed by atoms with van der Waals surface area (Å²) in [6, 6.07) is 7.75. The molecule has 8 nitrogen and oxygen atoms in total. The Morgan fingerprint density at radius 3 is 2.64 bits per heavy atom. The van der Waals surface area contributed by atoms with Crippen molar-refractivity contribution in [1.29, 1.82) is 0 Å². The lowest BCUT2D eigenvalue weighted by Crippen LogP contribution is -2.51. The Labute approximate surface area is 145 Å². The van der Waals surface area contributed by atoms with E-state index in [-0.39, 0.29) is 0 Å². The summed E-state index contributed by atoms with van der Waals surface area (Å²) < 4.78 is 1.99. The first-order chi connectivity index (χ1) is 12.3. The van der Waals surface area contributed by atoms with E-state index < -0.39 is 0 Å². The van der Waals surface area contributed by atoms with Crippen LogP contribution in [0, 0.1) is 0 Å². The fraction of sp³-hybridized carbons (Fsp3) is 0.294. The molecular formula is C17H20N8. The molecule has 0 radical (unpaired) electrons. The minimum absolute atomic E-state index is 0.482. The average Bonchev–Trinajstić information content (AvgIpc) is 3.10. The molecule has 0 unspecified atom stereocenters. The predicted molar refractivity (Wildman–Crippen MR) is 96.3 cm³/mol. The number of nitrogens with two attached hydrogens (primary N) is 1. The number of aromatic nitrogens is 4. The first kappa shape index (κ1) is 15.4. The van der Waals surface area contributed by atoms with Crippen molar-refractivity contribution in [3.63, 3.8) is 0 Å². The molecule has 0 spiro atoms. The van der Waals surface area contributed by atoms with Crippen molar-refractivity contribution in [2.45, 2.75) is 6.54 Å². The van der Waals surface area contributed by atoms with Crippen LogP contribution in [-0.2, 0) is 6.54 Å². The highest BCUT2D eigenvalue weighted by molar-refractivity contribution is 5.78. The van der Waals surface area contributed by atoms with Crippen molar-refractivity contribution in [1.82, 2.24) is 24.3 Å². The molecule has 3 aromatic rings. The highest BCUT2D eigenvalue weighted by atomic mass is 15.4. The second-order valence-electron chi connectivity index (χ2n) is 5.90. The summed E-state index contributed by atoms with van der Waals surface area (Å²) in [5, 5.41) is 0. The zero-order valence-corrected chi connectivity index (χ0v) is 13.9. The lowest BCUT2D eigenvalue weighted by molar-refractivity contribution is 0.378. The van der Waals surface area contributed by atoms with Crippen LogP contribution < -0.4 is 10.6 Å². The zero-order chi connectivity index (χ0) is 17.1. The van der Waals surface area contributed by atoms with Gasteiger partial charge in [-0.2, -0.15) is 0 Å². The van der Waals surface area contributed by atoms with Crippen LogP contribution in [0.15, 0.2) is 54.0 Å².